The number of nitriles is 1. The molecule has 1 heteroatoms. The Bertz CT molecular complexity index is 95.4. The minimum atomic E-state index is 0.267. The van der Waals surface area contributed by atoms with Crippen LogP contribution in [0.25, 0.3) is 0 Å². The van der Waals surface area contributed by atoms with E-state index in [9.17, 15) is 0 Å². The molecule has 1 aliphatic rings. The Morgan fingerprint density at radius 3 is 2.75 bits per heavy atom. The fourth-order valence-electron chi connectivity index (χ4n) is 1.06. The van der Waals surface area contributed by atoms with E-state index >= 15 is 0 Å². The highest BCUT2D eigenvalue weighted by molar-refractivity contribution is 4.95. The zero-order valence-electron chi connectivity index (χ0n) is 4.93. The van der Waals surface area contributed by atoms with Gasteiger partial charge in [0.2, 0.25) is 0 Å². The SMILES string of the molecule is N#CC1[CH]CCCC1. The normalized spacial score (nSPS) is 22.4. The number of rotatable bonds is 0. The Labute approximate surface area is 50.3 Å². The van der Waals surface area contributed by atoms with Gasteiger partial charge in [0.1, 0.15) is 0 Å². The standard InChI is InChI=1S/C7H10N/c8-6-7-4-2-1-3-5-7/h4,7H,1-3,5H2. The van der Waals surface area contributed by atoms with Crippen LogP contribution in [0.3, 0.4) is 0 Å². The van der Waals surface area contributed by atoms with Gasteiger partial charge in [-0.15, -0.1) is 0 Å². The van der Waals surface area contributed by atoms with Crippen molar-refractivity contribution < 1.29 is 0 Å². The first-order valence-corrected chi connectivity index (χ1v) is 3.16. The third kappa shape index (κ3) is 1.23. The predicted molar refractivity (Wildman–Crippen MR) is 31.9 cm³/mol. The third-order valence-electron chi connectivity index (χ3n) is 1.59. The van der Waals surface area contributed by atoms with Crippen LogP contribution in [0.15, 0.2) is 0 Å². The molecule has 43 valence electrons. The quantitative estimate of drug-likeness (QED) is 0.465. The van der Waals surface area contributed by atoms with Crippen molar-refractivity contribution in [3.05, 3.63) is 6.42 Å². The number of hydrogen-bond donors (Lipinski definition) is 0. The molecule has 0 aromatic rings. The Hall–Kier alpha value is -0.510. The highest BCUT2D eigenvalue weighted by Crippen LogP contribution is 2.21. The lowest BCUT2D eigenvalue weighted by Gasteiger charge is -2.12. The molecule has 0 amide bonds. The molecule has 0 saturated heterocycles. The first-order chi connectivity index (χ1) is 3.93. The Morgan fingerprint density at radius 2 is 2.38 bits per heavy atom. The van der Waals surface area contributed by atoms with Gasteiger partial charge < -0.3 is 0 Å². The molecule has 1 radical (unpaired) electrons. The molecule has 8 heavy (non-hydrogen) atoms. The molecule has 0 heterocycles. The van der Waals surface area contributed by atoms with Gasteiger partial charge in [-0.25, -0.2) is 0 Å². The van der Waals surface area contributed by atoms with Crippen molar-refractivity contribution in [2.45, 2.75) is 25.7 Å². The van der Waals surface area contributed by atoms with Crippen LogP contribution in [0.2, 0.25) is 0 Å². The summed E-state index contributed by atoms with van der Waals surface area (Å²) in [6.45, 7) is 0. The molecule has 1 atom stereocenters. The summed E-state index contributed by atoms with van der Waals surface area (Å²) in [5.41, 5.74) is 0. The average molecular weight is 108 g/mol. The highest BCUT2D eigenvalue weighted by Gasteiger charge is 2.11. The van der Waals surface area contributed by atoms with E-state index in [1.807, 2.05) is 0 Å². The summed E-state index contributed by atoms with van der Waals surface area (Å²) in [6, 6.07) is 2.25. The van der Waals surface area contributed by atoms with Gasteiger partial charge in [0.25, 0.3) is 0 Å². The van der Waals surface area contributed by atoms with E-state index in [-0.39, 0.29) is 5.92 Å². The molecule has 1 saturated carbocycles. The minimum Gasteiger partial charge on any atom is -0.198 e. The molecule has 1 unspecified atom stereocenters. The molecule has 0 aromatic heterocycles. The van der Waals surface area contributed by atoms with Gasteiger partial charge in [0, 0.05) is 5.92 Å². The van der Waals surface area contributed by atoms with Crippen LogP contribution in [-0.4, -0.2) is 0 Å². The van der Waals surface area contributed by atoms with Gasteiger partial charge in [-0.2, -0.15) is 5.26 Å². The highest BCUT2D eigenvalue weighted by atomic mass is 14.3. The van der Waals surface area contributed by atoms with E-state index in [2.05, 4.69) is 12.5 Å². The van der Waals surface area contributed by atoms with Gasteiger partial charge in [0.15, 0.2) is 0 Å². The van der Waals surface area contributed by atoms with Gasteiger partial charge in [0.05, 0.1) is 6.07 Å². The molecule has 1 rings (SSSR count). The maximum atomic E-state index is 8.41. The fourth-order valence-corrected chi connectivity index (χ4v) is 1.06. The molecule has 0 spiro atoms. The van der Waals surface area contributed by atoms with Crippen molar-refractivity contribution in [2.24, 2.45) is 5.92 Å². The summed E-state index contributed by atoms with van der Waals surface area (Å²) in [5, 5.41) is 8.41. The van der Waals surface area contributed by atoms with Crippen LogP contribution < -0.4 is 0 Å². The maximum Gasteiger partial charge on any atom is 0.0658 e. The lowest BCUT2D eigenvalue weighted by atomic mass is 9.91. The van der Waals surface area contributed by atoms with Crippen LogP contribution in [0.1, 0.15) is 25.7 Å². The van der Waals surface area contributed by atoms with Crippen LogP contribution in [0.5, 0.6) is 0 Å². The maximum absolute atomic E-state index is 8.41. The largest absolute Gasteiger partial charge is 0.198 e. The molecular formula is C7H10N. The van der Waals surface area contributed by atoms with E-state index in [1.165, 1.54) is 12.8 Å². The van der Waals surface area contributed by atoms with Crippen molar-refractivity contribution in [1.82, 2.24) is 0 Å². The summed E-state index contributed by atoms with van der Waals surface area (Å²) in [6.07, 6.45) is 6.91. The molecule has 1 aliphatic carbocycles. The Morgan fingerprint density at radius 1 is 1.50 bits per heavy atom. The van der Waals surface area contributed by atoms with Crippen molar-refractivity contribution >= 4 is 0 Å². The van der Waals surface area contributed by atoms with Crippen LogP contribution in [0, 0.1) is 23.7 Å². The summed E-state index contributed by atoms with van der Waals surface area (Å²) >= 11 is 0. The van der Waals surface area contributed by atoms with Crippen molar-refractivity contribution in [1.29, 1.82) is 5.26 Å². The van der Waals surface area contributed by atoms with E-state index < -0.39 is 0 Å². The Balaban J connectivity index is 2.25. The van der Waals surface area contributed by atoms with Gasteiger partial charge in [-0.1, -0.05) is 12.8 Å². The van der Waals surface area contributed by atoms with Gasteiger partial charge in [-0.3, -0.25) is 0 Å². The number of nitrogens with zero attached hydrogens (tertiary/aromatic N) is 1. The summed E-state index contributed by atoms with van der Waals surface area (Å²) in [4.78, 5) is 0. The van der Waals surface area contributed by atoms with Crippen molar-refractivity contribution in [3.8, 4) is 6.07 Å². The second-order valence-corrected chi connectivity index (χ2v) is 2.26. The molecule has 0 bridgehead atoms. The zero-order chi connectivity index (χ0) is 5.82. The lowest BCUT2D eigenvalue weighted by molar-refractivity contribution is 0.520. The van der Waals surface area contributed by atoms with Crippen LogP contribution in [0.4, 0.5) is 0 Å². The van der Waals surface area contributed by atoms with E-state index in [4.69, 9.17) is 5.26 Å². The van der Waals surface area contributed by atoms with E-state index in [0.29, 0.717) is 0 Å². The van der Waals surface area contributed by atoms with Crippen LogP contribution >= 0.6 is 0 Å². The monoisotopic (exact) mass is 108 g/mol. The van der Waals surface area contributed by atoms with Crippen molar-refractivity contribution in [3.63, 3.8) is 0 Å². The first kappa shape index (κ1) is 5.62. The lowest BCUT2D eigenvalue weighted by Crippen LogP contribution is -2.03. The molecule has 1 fully saturated rings. The topological polar surface area (TPSA) is 23.8 Å². The summed E-state index contributed by atoms with van der Waals surface area (Å²) in [5.74, 6) is 0.267. The fraction of sp³-hybridized carbons (Fsp3) is 0.714. The van der Waals surface area contributed by atoms with Gasteiger partial charge >= 0.3 is 0 Å². The minimum absolute atomic E-state index is 0.267. The second kappa shape index (κ2) is 2.71. The van der Waals surface area contributed by atoms with E-state index in [0.717, 1.165) is 12.8 Å². The predicted octanol–water partition coefficient (Wildman–Crippen LogP) is 1.90. The van der Waals surface area contributed by atoms with Gasteiger partial charge in [-0.05, 0) is 19.3 Å². The Kier molecular flexibility index (Phi) is 1.91. The summed E-state index contributed by atoms with van der Waals surface area (Å²) in [7, 11) is 0. The van der Waals surface area contributed by atoms with Crippen molar-refractivity contribution in [2.75, 3.05) is 0 Å². The number of hydrogen-bond acceptors (Lipinski definition) is 1. The first-order valence-electron chi connectivity index (χ1n) is 3.16. The molecule has 0 N–H and O–H groups in total. The van der Waals surface area contributed by atoms with E-state index in [1.54, 1.807) is 0 Å². The summed E-state index contributed by atoms with van der Waals surface area (Å²) < 4.78 is 0. The molecule has 0 aromatic carbocycles. The smallest absolute Gasteiger partial charge is 0.0658 e. The molecule has 0 aliphatic heterocycles. The third-order valence-corrected chi connectivity index (χ3v) is 1.59. The zero-order valence-corrected chi connectivity index (χ0v) is 4.93. The van der Waals surface area contributed by atoms with Crippen LogP contribution in [-0.2, 0) is 0 Å². The second-order valence-electron chi connectivity index (χ2n) is 2.26. The molecular weight excluding hydrogens is 98.1 g/mol. The average Bonchev–Trinajstić information content (AvgIpc) is 1.90. The molecule has 1 nitrogen and oxygen atoms in total.